The molecule has 0 saturated carbocycles. The Morgan fingerprint density at radius 2 is 1.89 bits per heavy atom. The highest BCUT2D eigenvalue weighted by molar-refractivity contribution is 7.94. The summed E-state index contributed by atoms with van der Waals surface area (Å²) in [5.74, 6) is 0.0561. The van der Waals surface area contributed by atoms with Crippen LogP contribution in [0.1, 0.15) is 5.56 Å². The second-order valence-electron chi connectivity index (χ2n) is 4.69. The van der Waals surface area contributed by atoms with Gasteiger partial charge in [-0.3, -0.25) is 0 Å². The third-order valence-electron chi connectivity index (χ3n) is 3.18. The Balaban J connectivity index is 1.71. The standard InChI is InChI=1S/C15H14O3S/c16-19(17)8-7-15(11-19)18-10-12-5-6-13-3-1-2-4-14(13)9-12/h1-9,15H,10-11H2. The SMILES string of the molecule is O=S1(=O)C=CC(OCc2ccc3ccccc3c2)C1. The molecule has 4 heteroatoms. The van der Waals surface area contributed by atoms with Crippen LogP contribution in [0.25, 0.3) is 10.8 Å². The topological polar surface area (TPSA) is 43.4 Å². The van der Waals surface area contributed by atoms with Crippen molar-refractivity contribution in [1.29, 1.82) is 0 Å². The molecule has 2 aromatic rings. The molecule has 98 valence electrons. The largest absolute Gasteiger partial charge is 0.368 e. The van der Waals surface area contributed by atoms with Crippen LogP contribution in [-0.2, 0) is 21.2 Å². The molecule has 19 heavy (non-hydrogen) atoms. The number of rotatable bonds is 3. The highest BCUT2D eigenvalue weighted by atomic mass is 32.2. The summed E-state index contributed by atoms with van der Waals surface area (Å²) in [5.41, 5.74) is 1.05. The predicted molar refractivity (Wildman–Crippen MR) is 75.5 cm³/mol. The van der Waals surface area contributed by atoms with E-state index < -0.39 is 9.84 Å². The van der Waals surface area contributed by atoms with Crippen LogP contribution >= 0.6 is 0 Å². The highest BCUT2D eigenvalue weighted by Crippen LogP contribution is 2.18. The van der Waals surface area contributed by atoms with Crippen LogP contribution in [0.5, 0.6) is 0 Å². The van der Waals surface area contributed by atoms with Crippen molar-refractivity contribution in [2.75, 3.05) is 5.75 Å². The molecule has 0 N–H and O–H groups in total. The summed E-state index contributed by atoms with van der Waals surface area (Å²) in [6.07, 6.45) is 1.28. The zero-order valence-electron chi connectivity index (χ0n) is 10.3. The van der Waals surface area contributed by atoms with Gasteiger partial charge in [0.05, 0.1) is 18.5 Å². The third kappa shape index (κ3) is 2.85. The lowest BCUT2D eigenvalue weighted by Crippen LogP contribution is -2.14. The van der Waals surface area contributed by atoms with Crippen LogP contribution in [0.4, 0.5) is 0 Å². The molecular weight excluding hydrogens is 260 g/mol. The van der Waals surface area contributed by atoms with Gasteiger partial charge in [-0.15, -0.1) is 0 Å². The molecule has 0 saturated heterocycles. The van der Waals surface area contributed by atoms with Crippen LogP contribution < -0.4 is 0 Å². The maximum Gasteiger partial charge on any atom is 0.174 e. The summed E-state index contributed by atoms with van der Waals surface area (Å²) in [5, 5.41) is 3.59. The van der Waals surface area contributed by atoms with E-state index in [1.165, 1.54) is 10.8 Å². The van der Waals surface area contributed by atoms with Crippen LogP contribution in [0.3, 0.4) is 0 Å². The fraction of sp³-hybridized carbons (Fsp3) is 0.200. The summed E-state index contributed by atoms with van der Waals surface area (Å²) in [4.78, 5) is 0. The van der Waals surface area contributed by atoms with Crippen LogP contribution in [0.2, 0.25) is 0 Å². The summed E-state index contributed by atoms with van der Waals surface area (Å²) in [6, 6.07) is 14.3. The van der Waals surface area contributed by atoms with Gasteiger partial charge in [0.15, 0.2) is 9.84 Å². The maximum atomic E-state index is 11.3. The van der Waals surface area contributed by atoms with Gasteiger partial charge < -0.3 is 4.74 Å². The fourth-order valence-corrected chi connectivity index (χ4v) is 3.37. The molecule has 0 aromatic heterocycles. The van der Waals surface area contributed by atoms with Crippen LogP contribution in [0, 0.1) is 0 Å². The second kappa shape index (κ2) is 4.79. The number of ether oxygens (including phenoxy) is 1. The molecule has 2 aromatic carbocycles. The lowest BCUT2D eigenvalue weighted by molar-refractivity contribution is 0.0877. The van der Waals surface area contributed by atoms with E-state index in [4.69, 9.17) is 4.74 Å². The number of hydrogen-bond acceptors (Lipinski definition) is 3. The zero-order valence-corrected chi connectivity index (χ0v) is 11.1. The van der Waals surface area contributed by atoms with Gasteiger partial charge in [-0.05, 0) is 28.5 Å². The molecule has 3 rings (SSSR count). The Morgan fingerprint density at radius 3 is 2.63 bits per heavy atom. The molecule has 1 aliphatic heterocycles. The van der Waals surface area contributed by atoms with Gasteiger partial charge in [-0.1, -0.05) is 36.4 Å². The van der Waals surface area contributed by atoms with Crippen molar-refractivity contribution in [3.05, 3.63) is 59.5 Å². The van der Waals surface area contributed by atoms with E-state index in [1.54, 1.807) is 6.08 Å². The highest BCUT2D eigenvalue weighted by Gasteiger charge is 2.21. The van der Waals surface area contributed by atoms with E-state index >= 15 is 0 Å². The monoisotopic (exact) mass is 274 g/mol. The third-order valence-corrected chi connectivity index (χ3v) is 4.54. The van der Waals surface area contributed by atoms with E-state index in [0.29, 0.717) is 6.61 Å². The molecular formula is C15H14O3S. The summed E-state index contributed by atoms with van der Waals surface area (Å²) in [6.45, 7) is 0.426. The normalized spacial score (nSPS) is 20.9. The average Bonchev–Trinajstić information content (AvgIpc) is 2.76. The van der Waals surface area contributed by atoms with E-state index in [-0.39, 0.29) is 11.9 Å². The smallest absolute Gasteiger partial charge is 0.174 e. The van der Waals surface area contributed by atoms with Gasteiger partial charge in [-0.25, -0.2) is 8.42 Å². The molecule has 0 amide bonds. The van der Waals surface area contributed by atoms with Crippen molar-refractivity contribution in [3.8, 4) is 0 Å². The average molecular weight is 274 g/mol. The minimum Gasteiger partial charge on any atom is -0.368 e. The quantitative estimate of drug-likeness (QED) is 0.864. The summed E-state index contributed by atoms with van der Waals surface area (Å²) < 4.78 is 28.1. The number of fused-ring (bicyclic) bond motifs is 1. The first-order chi connectivity index (χ1) is 9.12. The van der Waals surface area contributed by atoms with Crippen molar-refractivity contribution in [3.63, 3.8) is 0 Å². The Bertz CT molecular complexity index is 732. The molecule has 3 nitrogen and oxygen atoms in total. The number of hydrogen-bond donors (Lipinski definition) is 0. The maximum absolute atomic E-state index is 11.3. The van der Waals surface area contributed by atoms with Gasteiger partial charge in [0.2, 0.25) is 0 Å². The van der Waals surface area contributed by atoms with Crippen molar-refractivity contribution in [2.45, 2.75) is 12.7 Å². The van der Waals surface area contributed by atoms with Gasteiger partial charge in [0.1, 0.15) is 0 Å². The fourth-order valence-electron chi connectivity index (χ4n) is 2.18. The minimum absolute atomic E-state index is 0.0561. The molecule has 0 aliphatic carbocycles. The van der Waals surface area contributed by atoms with E-state index in [2.05, 4.69) is 24.3 Å². The molecule has 0 bridgehead atoms. The number of sulfone groups is 1. The lowest BCUT2D eigenvalue weighted by Gasteiger charge is -2.09. The van der Waals surface area contributed by atoms with Crippen molar-refractivity contribution in [2.24, 2.45) is 0 Å². The Hall–Kier alpha value is -1.65. The van der Waals surface area contributed by atoms with Gasteiger partial charge in [-0.2, -0.15) is 0 Å². The molecule has 1 aliphatic rings. The molecule has 1 unspecified atom stereocenters. The van der Waals surface area contributed by atoms with Crippen molar-refractivity contribution < 1.29 is 13.2 Å². The first-order valence-electron chi connectivity index (χ1n) is 6.13. The Labute approximate surface area is 112 Å². The van der Waals surface area contributed by atoms with E-state index in [9.17, 15) is 8.42 Å². The van der Waals surface area contributed by atoms with Crippen molar-refractivity contribution in [1.82, 2.24) is 0 Å². The predicted octanol–water partition coefficient (Wildman–Crippen LogP) is 2.67. The summed E-state index contributed by atoms with van der Waals surface area (Å²) in [7, 11) is -3.04. The van der Waals surface area contributed by atoms with Crippen LogP contribution in [-0.4, -0.2) is 20.3 Å². The molecule has 0 radical (unpaired) electrons. The minimum atomic E-state index is -3.04. The molecule has 0 fully saturated rings. The first-order valence-corrected chi connectivity index (χ1v) is 7.84. The van der Waals surface area contributed by atoms with Gasteiger partial charge >= 0.3 is 0 Å². The number of benzene rings is 2. The first kappa shape index (κ1) is 12.4. The van der Waals surface area contributed by atoms with Gasteiger partial charge in [0.25, 0.3) is 0 Å². The lowest BCUT2D eigenvalue weighted by atomic mass is 10.1. The molecule has 0 spiro atoms. The Morgan fingerprint density at radius 1 is 1.11 bits per heavy atom. The van der Waals surface area contributed by atoms with Gasteiger partial charge in [0, 0.05) is 5.41 Å². The van der Waals surface area contributed by atoms with E-state index in [0.717, 1.165) is 10.9 Å². The zero-order chi connectivity index (χ0) is 13.3. The van der Waals surface area contributed by atoms with Crippen molar-refractivity contribution >= 4 is 20.6 Å². The van der Waals surface area contributed by atoms with Crippen LogP contribution in [0.15, 0.2) is 53.9 Å². The van der Waals surface area contributed by atoms with E-state index in [1.807, 2.05) is 18.2 Å². The molecule has 1 heterocycles. The summed E-state index contributed by atoms with van der Waals surface area (Å²) >= 11 is 0. The Kier molecular flexibility index (Phi) is 3.12. The second-order valence-corrected chi connectivity index (χ2v) is 6.62. The molecule has 1 atom stereocenters.